The van der Waals surface area contributed by atoms with Crippen molar-refractivity contribution < 1.29 is 8.78 Å². The second-order valence-corrected chi connectivity index (χ2v) is 5.42. The number of rotatable bonds is 4. The van der Waals surface area contributed by atoms with Crippen LogP contribution in [0.3, 0.4) is 0 Å². The Hall–Kier alpha value is -1.00. The van der Waals surface area contributed by atoms with Gasteiger partial charge in [-0.1, -0.05) is 0 Å². The van der Waals surface area contributed by atoms with Crippen LogP contribution < -0.4 is 5.73 Å². The Morgan fingerprint density at radius 1 is 1.42 bits per heavy atom. The molecule has 1 aromatic carbocycles. The number of nitrogens with two attached hydrogens (primary N) is 1. The van der Waals surface area contributed by atoms with Crippen molar-refractivity contribution >= 4 is 0 Å². The number of likely N-dealkylation sites (tertiary alicyclic amines) is 1. The summed E-state index contributed by atoms with van der Waals surface area (Å²) in [5.41, 5.74) is 6.06. The first-order valence-corrected chi connectivity index (χ1v) is 7.01. The first-order chi connectivity index (χ1) is 9.11. The van der Waals surface area contributed by atoms with E-state index in [-0.39, 0.29) is 17.7 Å². The number of benzene rings is 1. The van der Waals surface area contributed by atoms with Crippen molar-refractivity contribution in [3.05, 3.63) is 35.4 Å². The van der Waals surface area contributed by atoms with Crippen LogP contribution in [0.5, 0.6) is 0 Å². The highest BCUT2D eigenvalue weighted by atomic mass is 19.1. The third-order valence-corrected chi connectivity index (χ3v) is 4.08. The SMILES string of the molecule is CC(c1cc(F)ccc1F)N1CCCC(CCN)C1. The van der Waals surface area contributed by atoms with Crippen molar-refractivity contribution in [1.82, 2.24) is 4.90 Å². The Labute approximate surface area is 113 Å². The van der Waals surface area contributed by atoms with Crippen molar-refractivity contribution in [2.75, 3.05) is 19.6 Å². The molecule has 1 aromatic rings. The minimum absolute atomic E-state index is 0.0868. The van der Waals surface area contributed by atoms with E-state index < -0.39 is 0 Å². The topological polar surface area (TPSA) is 29.3 Å². The molecule has 2 atom stereocenters. The van der Waals surface area contributed by atoms with Crippen LogP contribution >= 0.6 is 0 Å². The predicted molar refractivity (Wildman–Crippen MR) is 72.7 cm³/mol. The molecule has 1 fully saturated rings. The number of piperidine rings is 1. The molecule has 0 amide bonds. The molecule has 1 saturated heterocycles. The third-order valence-electron chi connectivity index (χ3n) is 4.08. The molecule has 0 aromatic heterocycles. The van der Waals surface area contributed by atoms with Gasteiger partial charge in [0, 0.05) is 18.2 Å². The van der Waals surface area contributed by atoms with Gasteiger partial charge in [-0.05, 0) is 63.4 Å². The lowest BCUT2D eigenvalue weighted by atomic mass is 9.92. The van der Waals surface area contributed by atoms with Crippen molar-refractivity contribution in [2.45, 2.75) is 32.2 Å². The Balaban J connectivity index is 2.10. The van der Waals surface area contributed by atoms with Crippen molar-refractivity contribution in [3.63, 3.8) is 0 Å². The molecular formula is C15H22F2N2. The van der Waals surface area contributed by atoms with Gasteiger partial charge in [0.1, 0.15) is 11.6 Å². The summed E-state index contributed by atoms with van der Waals surface area (Å²) in [6, 6.07) is 3.60. The quantitative estimate of drug-likeness (QED) is 0.909. The average molecular weight is 268 g/mol. The number of hydrogen-bond donors (Lipinski definition) is 1. The largest absolute Gasteiger partial charge is 0.330 e. The highest BCUT2D eigenvalue weighted by Gasteiger charge is 2.25. The standard InChI is InChI=1S/C15H22F2N2/c1-11(14-9-13(16)4-5-15(14)17)19-8-2-3-12(10-19)6-7-18/h4-5,9,11-12H,2-3,6-8,10,18H2,1H3. The fourth-order valence-corrected chi connectivity index (χ4v) is 2.95. The lowest BCUT2D eigenvalue weighted by Gasteiger charge is -2.37. The highest BCUT2D eigenvalue weighted by Crippen LogP contribution is 2.29. The van der Waals surface area contributed by atoms with Crippen molar-refractivity contribution in [3.8, 4) is 0 Å². The normalized spacial score (nSPS) is 22.4. The zero-order chi connectivity index (χ0) is 13.8. The van der Waals surface area contributed by atoms with E-state index in [1.165, 1.54) is 24.6 Å². The number of nitrogens with zero attached hydrogens (tertiary/aromatic N) is 1. The molecule has 2 rings (SSSR count). The van der Waals surface area contributed by atoms with Crippen molar-refractivity contribution in [2.24, 2.45) is 11.7 Å². The summed E-state index contributed by atoms with van der Waals surface area (Å²) in [7, 11) is 0. The average Bonchev–Trinajstić information content (AvgIpc) is 2.41. The maximum Gasteiger partial charge on any atom is 0.128 e. The van der Waals surface area contributed by atoms with Gasteiger partial charge in [-0.15, -0.1) is 0 Å². The maximum absolute atomic E-state index is 13.8. The molecule has 2 unspecified atom stereocenters. The molecule has 106 valence electrons. The molecule has 19 heavy (non-hydrogen) atoms. The Bertz CT molecular complexity index is 421. The van der Waals surface area contributed by atoms with Gasteiger partial charge in [0.15, 0.2) is 0 Å². The molecule has 4 heteroatoms. The van der Waals surface area contributed by atoms with Gasteiger partial charge >= 0.3 is 0 Å². The minimum atomic E-state index is -0.376. The summed E-state index contributed by atoms with van der Waals surface area (Å²) < 4.78 is 27.1. The highest BCUT2D eigenvalue weighted by molar-refractivity contribution is 5.22. The first kappa shape index (κ1) is 14.4. The second-order valence-electron chi connectivity index (χ2n) is 5.42. The zero-order valence-electron chi connectivity index (χ0n) is 11.4. The smallest absolute Gasteiger partial charge is 0.128 e. The van der Waals surface area contributed by atoms with Crippen LogP contribution in [0.15, 0.2) is 18.2 Å². The first-order valence-electron chi connectivity index (χ1n) is 7.01. The van der Waals surface area contributed by atoms with Gasteiger partial charge in [0.05, 0.1) is 0 Å². The van der Waals surface area contributed by atoms with E-state index in [2.05, 4.69) is 4.90 Å². The van der Waals surface area contributed by atoms with E-state index in [1.54, 1.807) is 0 Å². The molecule has 1 heterocycles. The fraction of sp³-hybridized carbons (Fsp3) is 0.600. The summed E-state index contributed by atoms with van der Waals surface area (Å²) in [6.45, 7) is 4.51. The van der Waals surface area contributed by atoms with Crippen LogP contribution in [-0.4, -0.2) is 24.5 Å². The van der Waals surface area contributed by atoms with E-state index in [0.717, 1.165) is 25.9 Å². The van der Waals surface area contributed by atoms with E-state index >= 15 is 0 Å². The lowest BCUT2D eigenvalue weighted by molar-refractivity contribution is 0.126. The van der Waals surface area contributed by atoms with Gasteiger partial charge in [-0.25, -0.2) is 8.78 Å². The van der Waals surface area contributed by atoms with Gasteiger partial charge in [-0.3, -0.25) is 4.90 Å². The van der Waals surface area contributed by atoms with Crippen LogP contribution in [0, 0.1) is 17.6 Å². The fourth-order valence-electron chi connectivity index (χ4n) is 2.95. The molecule has 0 radical (unpaired) electrons. The molecule has 0 aliphatic carbocycles. The summed E-state index contributed by atoms with van der Waals surface area (Å²) >= 11 is 0. The molecule has 2 N–H and O–H groups in total. The predicted octanol–water partition coefficient (Wildman–Crippen LogP) is 3.09. The molecule has 0 saturated carbocycles. The summed E-state index contributed by atoms with van der Waals surface area (Å²) in [4.78, 5) is 2.24. The zero-order valence-corrected chi connectivity index (χ0v) is 11.4. The van der Waals surface area contributed by atoms with Crippen LogP contribution in [0.1, 0.15) is 37.8 Å². The third kappa shape index (κ3) is 3.51. The van der Waals surface area contributed by atoms with E-state index in [1.807, 2.05) is 6.92 Å². The molecule has 1 aliphatic heterocycles. The van der Waals surface area contributed by atoms with Gasteiger partial charge in [0.25, 0.3) is 0 Å². The van der Waals surface area contributed by atoms with Gasteiger partial charge in [-0.2, -0.15) is 0 Å². The van der Waals surface area contributed by atoms with E-state index in [0.29, 0.717) is 18.0 Å². The Kier molecular flexibility index (Phi) is 4.88. The summed E-state index contributed by atoms with van der Waals surface area (Å²) in [5, 5.41) is 0. The Morgan fingerprint density at radius 2 is 2.21 bits per heavy atom. The second kappa shape index (κ2) is 6.44. The molecular weight excluding hydrogens is 246 g/mol. The summed E-state index contributed by atoms with van der Waals surface area (Å²) in [5.74, 6) is -0.119. The molecule has 2 nitrogen and oxygen atoms in total. The monoisotopic (exact) mass is 268 g/mol. The lowest BCUT2D eigenvalue weighted by Crippen LogP contribution is -2.38. The van der Waals surface area contributed by atoms with Crippen molar-refractivity contribution in [1.29, 1.82) is 0 Å². The summed E-state index contributed by atoms with van der Waals surface area (Å²) in [6.07, 6.45) is 3.30. The van der Waals surface area contributed by atoms with Crippen LogP contribution in [0.4, 0.5) is 8.78 Å². The molecule has 0 bridgehead atoms. The number of halogens is 2. The van der Waals surface area contributed by atoms with E-state index in [4.69, 9.17) is 5.73 Å². The van der Waals surface area contributed by atoms with Gasteiger partial charge < -0.3 is 5.73 Å². The van der Waals surface area contributed by atoms with Crippen LogP contribution in [-0.2, 0) is 0 Å². The van der Waals surface area contributed by atoms with Crippen LogP contribution in [0.25, 0.3) is 0 Å². The molecule has 1 aliphatic rings. The maximum atomic E-state index is 13.8. The number of hydrogen-bond acceptors (Lipinski definition) is 2. The van der Waals surface area contributed by atoms with Gasteiger partial charge in [0.2, 0.25) is 0 Å². The molecule has 0 spiro atoms. The van der Waals surface area contributed by atoms with Crippen LogP contribution in [0.2, 0.25) is 0 Å². The van der Waals surface area contributed by atoms with E-state index in [9.17, 15) is 8.78 Å². The minimum Gasteiger partial charge on any atom is -0.330 e. The Morgan fingerprint density at radius 3 is 2.95 bits per heavy atom.